The Kier molecular flexibility index (Phi) is 5.99. The van der Waals surface area contributed by atoms with E-state index in [2.05, 4.69) is 11.4 Å². The molecule has 5 unspecified atom stereocenters. The quantitative estimate of drug-likeness (QED) is 0.866. The third kappa shape index (κ3) is 3.38. The molecule has 0 heterocycles. The van der Waals surface area contributed by atoms with Crippen molar-refractivity contribution in [1.29, 1.82) is 0 Å². The molecule has 1 amide bonds. The molecule has 3 fully saturated rings. The van der Waals surface area contributed by atoms with Crippen LogP contribution in [0.25, 0.3) is 0 Å². The average molecular weight is 357 g/mol. The molecule has 3 nitrogen and oxygen atoms in total. The lowest BCUT2D eigenvalue weighted by atomic mass is 9.79. The van der Waals surface area contributed by atoms with Gasteiger partial charge in [-0.15, -0.1) is 24.8 Å². The van der Waals surface area contributed by atoms with Crippen molar-refractivity contribution in [2.45, 2.75) is 44.7 Å². The Bertz CT molecular complexity index is 566. The monoisotopic (exact) mass is 356 g/mol. The normalized spacial score (nSPS) is 33.7. The van der Waals surface area contributed by atoms with E-state index in [1.165, 1.54) is 32.1 Å². The number of amides is 1. The van der Waals surface area contributed by atoms with Crippen LogP contribution in [0.5, 0.6) is 0 Å². The number of nitrogens with one attached hydrogen (secondary N) is 1. The van der Waals surface area contributed by atoms with E-state index >= 15 is 0 Å². The summed E-state index contributed by atoms with van der Waals surface area (Å²) >= 11 is 0. The number of fused-ring (bicyclic) bond motifs is 5. The third-order valence-corrected chi connectivity index (χ3v) is 6.21. The summed E-state index contributed by atoms with van der Waals surface area (Å²) in [7, 11) is 0. The summed E-state index contributed by atoms with van der Waals surface area (Å²) < 4.78 is 0. The fraction of sp³-hybridized carbons (Fsp3) is 0.611. The number of carbonyl (C=O) groups is 1. The highest BCUT2D eigenvalue weighted by Gasteiger charge is 2.53. The molecule has 128 valence electrons. The van der Waals surface area contributed by atoms with Crippen LogP contribution >= 0.6 is 24.8 Å². The molecule has 0 radical (unpaired) electrons. The molecule has 23 heavy (non-hydrogen) atoms. The molecule has 3 aliphatic carbocycles. The lowest BCUT2D eigenvalue weighted by Gasteiger charge is -2.32. The van der Waals surface area contributed by atoms with Crippen molar-refractivity contribution in [1.82, 2.24) is 5.32 Å². The number of hydrogen-bond donors (Lipinski definition) is 2. The minimum atomic E-state index is -0.342. The van der Waals surface area contributed by atoms with E-state index in [9.17, 15) is 4.79 Å². The van der Waals surface area contributed by atoms with Gasteiger partial charge in [-0.25, -0.2) is 0 Å². The van der Waals surface area contributed by atoms with Gasteiger partial charge in [-0.05, 0) is 67.1 Å². The van der Waals surface area contributed by atoms with Crippen molar-refractivity contribution in [3.63, 3.8) is 0 Å². The van der Waals surface area contributed by atoms with Crippen LogP contribution in [0.15, 0.2) is 24.3 Å². The van der Waals surface area contributed by atoms with E-state index in [-0.39, 0.29) is 30.7 Å². The van der Waals surface area contributed by atoms with Crippen LogP contribution in [0, 0.1) is 23.7 Å². The second-order valence-corrected chi connectivity index (χ2v) is 7.21. The second-order valence-electron chi connectivity index (χ2n) is 7.21. The molecule has 1 aromatic rings. The topological polar surface area (TPSA) is 55.1 Å². The minimum absolute atomic E-state index is 0. The highest BCUT2D eigenvalue weighted by Crippen LogP contribution is 2.58. The van der Waals surface area contributed by atoms with Gasteiger partial charge in [0.1, 0.15) is 0 Å². The van der Waals surface area contributed by atoms with Crippen molar-refractivity contribution in [3.05, 3.63) is 35.4 Å². The van der Waals surface area contributed by atoms with Gasteiger partial charge in [0, 0.05) is 18.2 Å². The van der Waals surface area contributed by atoms with Crippen molar-refractivity contribution in [3.8, 4) is 0 Å². The third-order valence-electron chi connectivity index (χ3n) is 6.21. The average Bonchev–Trinajstić information content (AvgIpc) is 3.17. The van der Waals surface area contributed by atoms with Crippen LogP contribution in [-0.4, -0.2) is 11.9 Å². The number of hydrogen-bond acceptors (Lipinski definition) is 2. The first-order valence-electron chi connectivity index (χ1n) is 8.34. The summed E-state index contributed by atoms with van der Waals surface area (Å²) in [6.45, 7) is 0.854. The van der Waals surface area contributed by atoms with Crippen LogP contribution in [0.2, 0.25) is 0 Å². The van der Waals surface area contributed by atoms with Gasteiger partial charge < -0.3 is 11.1 Å². The Morgan fingerprint density at radius 2 is 1.91 bits per heavy atom. The van der Waals surface area contributed by atoms with E-state index in [1.807, 2.05) is 12.1 Å². The maximum Gasteiger partial charge on any atom is 0.248 e. The second kappa shape index (κ2) is 7.42. The maximum atomic E-state index is 11.2. The number of nitrogens with two attached hydrogens (primary N) is 1. The lowest BCUT2D eigenvalue weighted by Crippen LogP contribution is -2.38. The molecule has 2 bridgehead atoms. The first-order valence-corrected chi connectivity index (χ1v) is 8.34. The predicted molar refractivity (Wildman–Crippen MR) is 97.1 cm³/mol. The number of halogens is 2. The van der Waals surface area contributed by atoms with Gasteiger partial charge in [-0.1, -0.05) is 18.6 Å². The van der Waals surface area contributed by atoms with Crippen molar-refractivity contribution in [2.75, 3.05) is 0 Å². The Morgan fingerprint density at radius 1 is 1.13 bits per heavy atom. The largest absolute Gasteiger partial charge is 0.366 e. The fourth-order valence-electron chi connectivity index (χ4n) is 5.39. The first kappa shape index (κ1) is 18.6. The highest BCUT2D eigenvalue weighted by molar-refractivity contribution is 5.92. The Morgan fingerprint density at radius 3 is 2.70 bits per heavy atom. The lowest BCUT2D eigenvalue weighted by molar-refractivity contribution is 0.1000. The number of rotatable bonds is 4. The highest BCUT2D eigenvalue weighted by atomic mass is 35.5. The van der Waals surface area contributed by atoms with Gasteiger partial charge >= 0.3 is 0 Å². The zero-order valence-electron chi connectivity index (χ0n) is 13.2. The Balaban J connectivity index is 0.000000960. The zero-order valence-corrected chi connectivity index (χ0v) is 14.9. The Labute approximate surface area is 150 Å². The van der Waals surface area contributed by atoms with E-state index in [0.29, 0.717) is 11.6 Å². The van der Waals surface area contributed by atoms with E-state index in [1.54, 1.807) is 6.07 Å². The van der Waals surface area contributed by atoms with E-state index < -0.39 is 0 Å². The number of primary amides is 1. The number of benzene rings is 1. The molecule has 5 heteroatoms. The van der Waals surface area contributed by atoms with Crippen LogP contribution in [0.4, 0.5) is 0 Å². The van der Waals surface area contributed by atoms with Gasteiger partial charge in [-0.3, -0.25) is 4.79 Å². The summed E-state index contributed by atoms with van der Waals surface area (Å²) in [5.41, 5.74) is 7.12. The molecule has 0 saturated heterocycles. The molecule has 0 aromatic heterocycles. The molecule has 5 atom stereocenters. The SMILES string of the molecule is Cl.Cl.NC(=O)c1cccc(CNC2CC3CC2C2CCCC32)c1. The molecular formula is C18H26Cl2N2O. The minimum Gasteiger partial charge on any atom is -0.366 e. The van der Waals surface area contributed by atoms with E-state index in [4.69, 9.17) is 5.73 Å². The summed E-state index contributed by atoms with van der Waals surface area (Å²) in [5.74, 6) is 3.59. The van der Waals surface area contributed by atoms with Crippen molar-refractivity contribution in [2.24, 2.45) is 29.4 Å². The maximum absolute atomic E-state index is 11.2. The van der Waals surface area contributed by atoms with Crippen LogP contribution in [-0.2, 0) is 6.54 Å². The summed E-state index contributed by atoms with van der Waals surface area (Å²) in [5, 5.41) is 3.76. The molecule has 4 rings (SSSR count). The van der Waals surface area contributed by atoms with Crippen LogP contribution in [0.3, 0.4) is 0 Å². The standard InChI is InChI=1S/C18H24N2O.2ClH/c19-18(21)12-4-1-3-11(7-12)10-20-17-9-13-8-16(17)15-6-2-5-14(13)15;;/h1,3-4,7,13-17,20H,2,5-6,8-10H2,(H2,19,21);2*1H. The molecule has 1 aromatic carbocycles. The number of carbonyl (C=O) groups excluding carboxylic acids is 1. The van der Waals surface area contributed by atoms with Crippen LogP contribution in [0.1, 0.15) is 48.0 Å². The summed E-state index contributed by atoms with van der Waals surface area (Å²) in [6, 6.07) is 8.38. The summed E-state index contributed by atoms with van der Waals surface area (Å²) in [6.07, 6.45) is 7.21. The predicted octanol–water partition coefficient (Wildman–Crippen LogP) is 3.54. The fourth-order valence-corrected chi connectivity index (χ4v) is 5.39. The Hall–Kier alpha value is -0.770. The molecule has 3 saturated carbocycles. The zero-order chi connectivity index (χ0) is 14.4. The van der Waals surface area contributed by atoms with Crippen molar-refractivity contribution >= 4 is 30.7 Å². The van der Waals surface area contributed by atoms with Gasteiger partial charge in [0.15, 0.2) is 0 Å². The molecule has 3 N–H and O–H groups in total. The van der Waals surface area contributed by atoms with Crippen molar-refractivity contribution < 1.29 is 4.79 Å². The molecule has 3 aliphatic rings. The van der Waals surface area contributed by atoms with E-state index in [0.717, 1.165) is 35.8 Å². The van der Waals surface area contributed by atoms with Gasteiger partial charge in [0.25, 0.3) is 0 Å². The summed E-state index contributed by atoms with van der Waals surface area (Å²) in [4.78, 5) is 11.2. The van der Waals surface area contributed by atoms with Crippen LogP contribution < -0.4 is 11.1 Å². The van der Waals surface area contributed by atoms with Gasteiger partial charge in [-0.2, -0.15) is 0 Å². The van der Waals surface area contributed by atoms with Gasteiger partial charge in [0.2, 0.25) is 5.91 Å². The van der Waals surface area contributed by atoms with Gasteiger partial charge in [0.05, 0.1) is 0 Å². The first-order chi connectivity index (χ1) is 10.2. The molecule has 0 spiro atoms. The smallest absolute Gasteiger partial charge is 0.248 e. The molecule has 0 aliphatic heterocycles. The molecular weight excluding hydrogens is 331 g/mol.